The molecule has 0 aliphatic heterocycles. The van der Waals surface area contributed by atoms with Crippen molar-refractivity contribution in [2.24, 2.45) is 0 Å². The van der Waals surface area contributed by atoms with Crippen molar-refractivity contribution in [2.75, 3.05) is 19.7 Å². The van der Waals surface area contributed by atoms with Crippen molar-refractivity contribution in [3.63, 3.8) is 0 Å². The molecule has 0 aromatic heterocycles. The van der Waals surface area contributed by atoms with Gasteiger partial charge >= 0.3 is 0 Å². The largest absolute Gasteiger partial charge is 0.493 e. The standard InChI is InChI=1S/C20H23BrN2O3/c1-15-7-2-5-10-18(15)26-14-6-11-19(24)22-12-13-23-20(25)16-8-3-4-9-17(16)21/h2-5,7-10H,6,11-14H2,1H3,(H,22,24)(H,23,25). The molecule has 0 unspecified atom stereocenters. The van der Waals surface area contributed by atoms with Crippen molar-refractivity contribution in [3.05, 3.63) is 64.1 Å². The number of halogens is 1. The predicted molar refractivity (Wildman–Crippen MR) is 105 cm³/mol. The number of rotatable bonds is 9. The van der Waals surface area contributed by atoms with E-state index in [1.807, 2.05) is 43.3 Å². The molecular weight excluding hydrogens is 396 g/mol. The van der Waals surface area contributed by atoms with Crippen LogP contribution in [0.5, 0.6) is 5.75 Å². The van der Waals surface area contributed by atoms with Crippen LogP contribution in [-0.2, 0) is 4.79 Å². The van der Waals surface area contributed by atoms with Gasteiger partial charge in [-0.15, -0.1) is 0 Å². The van der Waals surface area contributed by atoms with E-state index in [9.17, 15) is 9.59 Å². The average molecular weight is 419 g/mol. The third kappa shape index (κ3) is 6.52. The molecule has 2 amide bonds. The Kier molecular flexibility index (Phi) is 8.15. The van der Waals surface area contributed by atoms with Gasteiger partial charge in [0, 0.05) is 24.0 Å². The van der Waals surface area contributed by atoms with Gasteiger partial charge in [-0.05, 0) is 53.0 Å². The zero-order valence-corrected chi connectivity index (χ0v) is 16.3. The van der Waals surface area contributed by atoms with Crippen molar-refractivity contribution in [2.45, 2.75) is 19.8 Å². The molecule has 0 aliphatic rings. The number of carbonyl (C=O) groups excluding carboxylic acids is 2. The van der Waals surface area contributed by atoms with Crippen LogP contribution >= 0.6 is 15.9 Å². The third-order valence-electron chi connectivity index (χ3n) is 3.75. The quantitative estimate of drug-likeness (QED) is 0.612. The summed E-state index contributed by atoms with van der Waals surface area (Å²) in [6.45, 7) is 3.26. The molecule has 0 saturated heterocycles. The monoisotopic (exact) mass is 418 g/mol. The molecule has 138 valence electrons. The number of ether oxygens (including phenoxy) is 1. The molecule has 0 fully saturated rings. The van der Waals surface area contributed by atoms with Gasteiger partial charge in [0.2, 0.25) is 5.91 Å². The van der Waals surface area contributed by atoms with E-state index >= 15 is 0 Å². The maximum Gasteiger partial charge on any atom is 0.252 e. The molecule has 2 rings (SSSR count). The van der Waals surface area contributed by atoms with Gasteiger partial charge in [0.1, 0.15) is 5.75 Å². The second-order valence-corrected chi connectivity index (χ2v) is 6.66. The maximum absolute atomic E-state index is 12.0. The Hall–Kier alpha value is -2.34. The van der Waals surface area contributed by atoms with Crippen molar-refractivity contribution >= 4 is 27.7 Å². The third-order valence-corrected chi connectivity index (χ3v) is 4.44. The van der Waals surface area contributed by atoms with Crippen molar-refractivity contribution in [3.8, 4) is 5.75 Å². The minimum Gasteiger partial charge on any atom is -0.493 e. The van der Waals surface area contributed by atoms with Gasteiger partial charge in [-0.1, -0.05) is 30.3 Å². The lowest BCUT2D eigenvalue weighted by Gasteiger charge is -2.10. The van der Waals surface area contributed by atoms with Crippen molar-refractivity contribution < 1.29 is 14.3 Å². The van der Waals surface area contributed by atoms with E-state index < -0.39 is 0 Å². The topological polar surface area (TPSA) is 67.4 Å². The van der Waals surface area contributed by atoms with Crippen LogP contribution in [0.1, 0.15) is 28.8 Å². The fraction of sp³-hybridized carbons (Fsp3) is 0.300. The number of nitrogens with one attached hydrogen (secondary N) is 2. The van der Waals surface area contributed by atoms with E-state index in [1.54, 1.807) is 12.1 Å². The van der Waals surface area contributed by atoms with E-state index in [2.05, 4.69) is 26.6 Å². The highest BCUT2D eigenvalue weighted by Crippen LogP contribution is 2.16. The summed E-state index contributed by atoms with van der Waals surface area (Å²) in [6.07, 6.45) is 1.04. The zero-order valence-electron chi connectivity index (χ0n) is 14.8. The Morgan fingerprint density at radius 3 is 2.46 bits per heavy atom. The summed E-state index contributed by atoms with van der Waals surface area (Å²) in [5.74, 6) is 0.634. The summed E-state index contributed by atoms with van der Waals surface area (Å²) in [5, 5.41) is 5.58. The Balaban J connectivity index is 1.57. The average Bonchev–Trinajstić information content (AvgIpc) is 2.64. The SMILES string of the molecule is Cc1ccccc1OCCCC(=O)NCCNC(=O)c1ccccc1Br. The van der Waals surface area contributed by atoms with E-state index in [1.165, 1.54) is 0 Å². The van der Waals surface area contributed by atoms with Gasteiger partial charge in [-0.3, -0.25) is 9.59 Å². The number of amides is 2. The lowest BCUT2D eigenvalue weighted by Crippen LogP contribution is -2.34. The number of hydrogen-bond acceptors (Lipinski definition) is 3. The highest BCUT2D eigenvalue weighted by atomic mass is 79.9. The van der Waals surface area contributed by atoms with Crippen LogP contribution in [0.25, 0.3) is 0 Å². The lowest BCUT2D eigenvalue weighted by atomic mass is 10.2. The molecule has 0 bridgehead atoms. The molecule has 0 saturated carbocycles. The van der Waals surface area contributed by atoms with E-state index in [-0.39, 0.29) is 11.8 Å². The molecule has 6 heteroatoms. The summed E-state index contributed by atoms with van der Waals surface area (Å²) in [6, 6.07) is 15.0. The lowest BCUT2D eigenvalue weighted by molar-refractivity contribution is -0.121. The van der Waals surface area contributed by atoms with Gasteiger partial charge in [-0.25, -0.2) is 0 Å². The molecule has 0 radical (unpaired) electrons. The maximum atomic E-state index is 12.0. The van der Waals surface area contributed by atoms with Crippen LogP contribution in [0.2, 0.25) is 0 Å². The van der Waals surface area contributed by atoms with Crippen LogP contribution in [-0.4, -0.2) is 31.5 Å². The van der Waals surface area contributed by atoms with Gasteiger partial charge < -0.3 is 15.4 Å². The predicted octanol–water partition coefficient (Wildman–Crippen LogP) is 3.46. The minimum absolute atomic E-state index is 0.0477. The summed E-state index contributed by atoms with van der Waals surface area (Å²) in [5.41, 5.74) is 1.66. The molecule has 0 atom stereocenters. The Morgan fingerprint density at radius 2 is 1.69 bits per heavy atom. The first-order valence-corrected chi connectivity index (χ1v) is 9.35. The van der Waals surface area contributed by atoms with Crippen molar-refractivity contribution in [1.82, 2.24) is 10.6 Å². The van der Waals surface area contributed by atoms with E-state index in [0.717, 1.165) is 15.8 Å². The zero-order chi connectivity index (χ0) is 18.8. The summed E-state index contributed by atoms with van der Waals surface area (Å²) in [4.78, 5) is 23.8. The van der Waals surface area contributed by atoms with E-state index in [0.29, 0.717) is 38.1 Å². The number of benzene rings is 2. The van der Waals surface area contributed by atoms with Crippen LogP contribution in [0, 0.1) is 6.92 Å². The smallest absolute Gasteiger partial charge is 0.252 e. The molecule has 26 heavy (non-hydrogen) atoms. The van der Waals surface area contributed by atoms with Gasteiger partial charge in [0.25, 0.3) is 5.91 Å². The molecule has 0 aliphatic carbocycles. The second-order valence-electron chi connectivity index (χ2n) is 5.80. The molecule has 2 aromatic carbocycles. The summed E-state index contributed by atoms with van der Waals surface area (Å²) < 4.78 is 6.41. The van der Waals surface area contributed by atoms with Crippen LogP contribution < -0.4 is 15.4 Å². The highest BCUT2D eigenvalue weighted by molar-refractivity contribution is 9.10. The molecule has 2 aromatic rings. The van der Waals surface area contributed by atoms with Crippen LogP contribution in [0.15, 0.2) is 53.0 Å². The molecule has 5 nitrogen and oxygen atoms in total. The second kappa shape index (κ2) is 10.6. The fourth-order valence-corrected chi connectivity index (χ4v) is 2.80. The highest BCUT2D eigenvalue weighted by Gasteiger charge is 2.08. The molecule has 2 N–H and O–H groups in total. The van der Waals surface area contributed by atoms with Gasteiger partial charge in [0.05, 0.1) is 12.2 Å². The molecular formula is C20H23BrN2O3. The number of para-hydroxylation sites is 1. The molecule has 0 spiro atoms. The number of hydrogen-bond donors (Lipinski definition) is 2. The first-order valence-electron chi connectivity index (χ1n) is 8.56. The fourth-order valence-electron chi connectivity index (χ4n) is 2.34. The number of carbonyl (C=O) groups is 2. The number of aryl methyl sites for hydroxylation is 1. The summed E-state index contributed by atoms with van der Waals surface area (Å²) >= 11 is 3.34. The van der Waals surface area contributed by atoms with Crippen molar-refractivity contribution in [1.29, 1.82) is 0 Å². The molecule has 0 heterocycles. The van der Waals surface area contributed by atoms with Gasteiger partial charge in [0.15, 0.2) is 0 Å². The van der Waals surface area contributed by atoms with Crippen LogP contribution in [0.4, 0.5) is 0 Å². The van der Waals surface area contributed by atoms with Gasteiger partial charge in [-0.2, -0.15) is 0 Å². The first-order chi connectivity index (χ1) is 12.6. The normalized spacial score (nSPS) is 10.2. The Labute approximate surface area is 162 Å². The first kappa shape index (κ1) is 20.0. The van der Waals surface area contributed by atoms with E-state index in [4.69, 9.17) is 4.74 Å². The summed E-state index contributed by atoms with van der Waals surface area (Å²) in [7, 11) is 0. The van der Waals surface area contributed by atoms with Crippen LogP contribution in [0.3, 0.4) is 0 Å². The Morgan fingerprint density at radius 1 is 1.00 bits per heavy atom. The minimum atomic E-state index is -0.168. The Bertz CT molecular complexity index is 749.